The molecule has 0 bridgehead atoms. The number of methoxy groups -OCH3 is 1. The minimum Gasteiger partial charge on any atom is -0.382 e. The van der Waals surface area contributed by atoms with Crippen LogP contribution in [0.4, 0.5) is 5.95 Å². The normalized spacial score (nSPS) is 10.3. The summed E-state index contributed by atoms with van der Waals surface area (Å²) in [7, 11) is 1.65. The lowest BCUT2D eigenvalue weighted by Crippen LogP contribution is -2.13. The number of hydrogen-bond donors (Lipinski definition) is 1. The molecule has 0 saturated carbocycles. The van der Waals surface area contributed by atoms with Crippen LogP contribution in [0.3, 0.4) is 0 Å². The van der Waals surface area contributed by atoms with Gasteiger partial charge < -0.3 is 14.8 Å². The lowest BCUT2D eigenvalue weighted by molar-refractivity contribution is 0.0759. The van der Waals surface area contributed by atoms with Crippen LogP contribution in [0.1, 0.15) is 0 Å². The molecule has 0 atom stereocenters. The molecule has 0 amide bonds. The summed E-state index contributed by atoms with van der Waals surface area (Å²) in [4.78, 5) is 8.13. The Balaban J connectivity index is 2.07. The van der Waals surface area contributed by atoms with E-state index >= 15 is 0 Å². The molecule has 0 saturated heterocycles. The number of anilines is 1. The van der Waals surface area contributed by atoms with Crippen LogP contribution in [-0.2, 0) is 9.47 Å². The third kappa shape index (κ3) is 5.66. The second-order valence-electron chi connectivity index (χ2n) is 2.76. The van der Waals surface area contributed by atoms with Crippen molar-refractivity contribution < 1.29 is 9.47 Å². The first-order valence-electron chi connectivity index (χ1n) is 4.61. The predicted octanol–water partition coefficient (Wildman–Crippen LogP) is 1.31. The molecule has 0 radical (unpaired) electrons. The lowest BCUT2D eigenvalue weighted by atomic mass is 10.6. The van der Waals surface area contributed by atoms with Crippen LogP contribution in [0.2, 0.25) is 0 Å². The highest BCUT2D eigenvalue weighted by molar-refractivity contribution is 9.10. The number of hydrogen-bond acceptors (Lipinski definition) is 5. The minimum absolute atomic E-state index is 0.605. The van der Waals surface area contributed by atoms with Crippen molar-refractivity contribution in [1.82, 2.24) is 9.97 Å². The van der Waals surface area contributed by atoms with E-state index in [0.717, 1.165) is 4.47 Å². The molecule has 1 aromatic rings. The Hall–Kier alpha value is -0.720. The highest BCUT2D eigenvalue weighted by atomic mass is 79.9. The van der Waals surface area contributed by atoms with E-state index in [-0.39, 0.29) is 0 Å². The fourth-order valence-electron chi connectivity index (χ4n) is 0.883. The monoisotopic (exact) mass is 275 g/mol. The first kappa shape index (κ1) is 12.4. The van der Waals surface area contributed by atoms with Gasteiger partial charge in [0.05, 0.1) is 24.3 Å². The van der Waals surface area contributed by atoms with Crippen molar-refractivity contribution in [3.63, 3.8) is 0 Å². The van der Waals surface area contributed by atoms with Gasteiger partial charge in [-0.25, -0.2) is 9.97 Å². The maximum Gasteiger partial charge on any atom is 0.222 e. The summed E-state index contributed by atoms with van der Waals surface area (Å²) in [5.74, 6) is 0.605. The van der Waals surface area contributed by atoms with Crippen LogP contribution < -0.4 is 5.32 Å². The van der Waals surface area contributed by atoms with Crippen LogP contribution in [0, 0.1) is 0 Å². The van der Waals surface area contributed by atoms with E-state index in [0.29, 0.717) is 32.3 Å². The van der Waals surface area contributed by atoms with Crippen LogP contribution in [0.25, 0.3) is 0 Å². The Labute approximate surface area is 97.3 Å². The topological polar surface area (TPSA) is 56.3 Å². The van der Waals surface area contributed by atoms with Crippen molar-refractivity contribution in [3.8, 4) is 0 Å². The van der Waals surface area contributed by atoms with Gasteiger partial charge in [-0.2, -0.15) is 0 Å². The third-order valence-corrected chi connectivity index (χ3v) is 1.99. The summed E-state index contributed by atoms with van der Waals surface area (Å²) >= 11 is 3.26. The number of nitrogens with zero attached hydrogens (tertiary/aromatic N) is 2. The largest absolute Gasteiger partial charge is 0.382 e. The molecular weight excluding hydrogens is 262 g/mol. The fraction of sp³-hybridized carbons (Fsp3) is 0.556. The molecule has 1 rings (SSSR count). The van der Waals surface area contributed by atoms with E-state index in [1.54, 1.807) is 19.5 Å². The molecule has 1 heterocycles. The van der Waals surface area contributed by atoms with Crippen molar-refractivity contribution in [2.45, 2.75) is 0 Å². The molecule has 0 aliphatic carbocycles. The summed E-state index contributed by atoms with van der Waals surface area (Å²) in [5, 5.41) is 3.04. The maximum absolute atomic E-state index is 5.27. The Morgan fingerprint density at radius 1 is 1.27 bits per heavy atom. The predicted molar refractivity (Wildman–Crippen MR) is 60.9 cm³/mol. The smallest absolute Gasteiger partial charge is 0.222 e. The SMILES string of the molecule is COCCOCCNc1ncc(Br)cn1. The standard InChI is InChI=1S/C9H14BrN3O2/c1-14-4-5-15-3-2-11-9-12-6-8(10)7-13-9/h6-7H,2-5H2,1H3,(H,11,12,13). The van der Waals surface area contributed by atoms with E-state index in [1.807, 2.05) is 0 Å². The van der Waals surface area contributed by atoms with Gasteiger partial charge in [0.15, 0.2) is 0 Å². The van der Waals surface area contributed by atoms with Crippen molar-refractivity contribution in [2.75, 3.05) is 38.8 Å². The molecule has 84 valence electrons. The van der Waals surface area contributed by atoms with E-state index in [4.69, 9.17) is 9.47 Å². The van der Waals surface area contributed by atoms with E-state index < -0.39 is 0 Å². The molecule has 6 heteroatoms. The zero-order valence-corrected chi connectivity index (χ0v) is 10.2. The molecule has 0 aromatic carbocycles. The summed E-state index contributed by atoms with van der Waals surface area (Å²) in [6, 6.07) is 0. The van der Waals surface area contributed by atoms with Gasteiger partial charge in [-0.3, -0.25) is 0 Å². The average Bonchev–Trinajstić information content (AvgIpc) is 2.26. The van der Waals surface area contributed by atoms with Gasteiger partial charge in [-0.15, -0.1) is 0 Å². The molecule has 0 aliphatic heterocycles. The summed E-state index contributed by atoms with van der Waals surface area (Å²) in [5.41, 5.74) is 0. The third-order valence-electron chi connectivity index (χ3n) is 1.58. The number of aromatic nitrogens is 2. The molecule has 15 heavy (non-hydrogen) atoms. The van der Waals surface area contributed by atoms with E-state index in [1.165, 1.54) is 0 Å². The number of ether oxygens (including phenoxy) is 2. The first-order valence-corrected chi connectivity index (χ1v) is 5.40. The molecule has 0 aliphatic rings. The van der Waals surface area contributed by atoms with Gasteiger partial charge in [0.2, 0.25) is 5.95 Å². The second kappa shape index (κ2) is 7.56. The zero-order valence-electron chi connectivity index (χ0n) is 8.57. The Morgan fingerprint density at radius 3 is 2.67 bits per heavy atom. The van der Waals surface area contributed by atoms with Gasteiger partial charge in [-0.05, 0) is 15.9 Å². The Bertz CT molecular complexity index is 269. The molecule has 1 N–H and O–H groups in total. The van der Waals surface area contributed by atoms with Crippen molar-refractivity contribution in [2.24, 2.45) is 0 Å². The zero-order chi connectivity index (χ0) is 10.9. The summed E-state index contributed by atoms with van der Waals surface area (Å²) in [6.07, 6.45) is 3.39. The molecule has 0 unspecified atom stereocenters. The van der Waals surface area contributed by atoms with Gasteiger partial charge in [-0.1, -0.05) is 0 Å². The Morgan fingerprint density at radius 2 is 2.00 bits per heavy atom. The second-order valence-corrected chi connectivity index (χ2v) is 3.67. The molecule has 5 nitrogen and oxygen atoms in total. The van der Waals surface area contributed by atoms with Gasteiger partial charge in [0, 0.05) is 26.0 Å². The summed E-state index contributed by atoms with van der Waals surface area (Å²) < 4.78 is 11.0. The van der Waals surface area contributed by atoms with Crippen LogP contribution in [0.5, 0.6) is 0 Å². The maximum atomic E-state index is 5.27. The quantitative estimate of drug-likeness (QED) is 0.761. The van der Waals surface area contributed by atoms with Crippen LogP contribution >= 0.6 is 15.9 Å². The van der Waals surface area contributed by atoms with Crippen LogP contribution in [-0.4, -0.2) is 43.4 Å². The molecule has 1 aromatic heterocycles. The lowest BCUT2D eigenvalue weighted by Gasteiger charge is -2.05. The number of nitrogens with one attached hydrogen (secondary N) is 1. The van der Waals surface area contributed by atoms with Gasteiger partial charge >= 0.3 is 0 Å². The van der Waals surface area contributed by atoms with Crippen molar-refractivity contribution >= 4 is 21.9 Å². The summed E-state index contributed by atoms with van der Waals surface area (Å²) in [6.45, 7) is 2.53. The van der Waals surface area contributed by atoms with E-state index in [9.17, 15) is 0 Å². The highest BCUT2D eigenvalue weighted by Gasteiger charge is 1.94. The molecular formula is C9H14BrN3O2. The van der Waals surface area contributed by atoms with Crippen LogP contribution in [0.15, 0.2) is 16.9 Å². The fourth-order valence-corrected chi connectivity index (χ4v) is 1.09. The first-order chi connectivity index (χ1) is 7.33. The molecule has 0 fully saturated rings. The van der Waals surface area contributed by atoms with Gasteiger partial charge in [0.1, 0.15) is 0 Å². The number of rotatable bonds is 7. The van der Waals surface area contributed by atoms with Crippen molar-refractivity contribution in [1.29, 1.82) is 0 Å². The van der Waals surface area contributed by atoms with Crippen molar-refractivity contribution in [3.05, 3.63) is 16.9 Å². The number of halogens is 1. The van der Waals surface area contributed by atoms with E-state index in [2.05, 4.69) is 31.2 Å². The van der Waals surface area contributed by atoms with Gasteiger partial charge in [0.25, 0.3) is 0 Å². The highest BCUT2D eigenvalue weighted by Crippen LogP contribution is 2.06. The Kier molecular flexibility index (Phi) is 6.22. The molecule has 0 spiro atoms. The minimum atomic E-state index is 0.605. The average molecular weight is 276 g/mol.